The molecule has 0 fully saturated rings. The number of H-pyrrole nitrogens is 1. The van der Waals surface area contributed by atoms with E-state index in [2.05, 4.69) is 32.8 Å². The molecule has 62 valence electrons. The monoisotopic (exact) mass is 276 g/mol. The molecule has 2 nitrogen and oxygen atoms in total. The molecule has 2 aromatic rings. The largest absolute Gasteiger partial charge is 0.276 e. The average Bonchev–Trinajstić information content (AvgIpc) is 2.33. The third kappa shape index (κ3) is 1.10. The second-order valence-corrected chi connectivity index (χ2v) is 3.68. The van der Waals surface area contributed by atoms with E-state index < -0.39 is 0 Å². The lowest BCUT2D eigenvalue weighted by molar-refractivity contribution is 0.628. The first-order chi connectivity index (χ1) is 5.68. The van der Waals surface area contributed by atoms with Crippen molar-refractivity contribution in [1.82, 2.24) is 10.2 Å². The summed E-state index contributed by atoms with van der Waals surface area (Å²) in [5, 5.41) is 7.71. The standard InChI is InChI=1S/C8H6FIN2/c1-4-2-5(9)3-6-7(4)11-12-8(6)10/h2-3H,1H3,(H,11,12). The smallest absolute Gasteiger partial charge is 0.131 e. The highest BCUT2D eigenvalue weighted by Crippen LogP contribution is 2.21. The van der Waals surface area contributed by atoms with Gasteiger partial charge in [-0.15, -0.1) is 0 Å². The van der Waals surface area contributed by atoms with Crippen molar-refractivity contribution in [2.24, 2.45) is 0 Å². The van der Waals surface area contributed by atoms with Crippen molar-refractivity contribution in [1.29, 1.82) is 0 Å². The van der Waals surface area contributed by atoms with Gasteiger partial charge in [0.15, 0.2) is 0 Å². The number of fused-ring (bicyclic) bond motifs is 1. The van der Waals surface area contributed by atoms with Crippen LogP contribution in [0.3, 0.4) is 0 Å². The molecule has 1 heterocycles. The number of hydrogen-bond acceptors (Lipinski definition) is 1. The second kappa shape index (κ2) is 2.69. The van der Waals surface area contributed by atoms with Crippen molar-refractivity contribution in [3.05, 3.63) is 27.2 Å². The molecule has 0 atom stereocenters. The molecule has 0 aliphatic heterocycles. The van der Waals surface area contributed by atoms with Crippen molar-refractivity contribution in [2.75, 3.05) is 0 Å². The van der Waals surface area contributed by atoms with E-state index in [0.29, 0.717) is 0 Å². The van der Waals surface area contributed by atoms with Crippen molar-refractivity contribution in [2.45, 2.75) is 6.92 Å². The highest BCUT2D eigenvalue weighted by molar-refractivity contribution is 14.1. The van der Waals surface area contributed by atoms with Gasteiger partial charge in [-0.3, -0.25) is 5.10 Å². The summed E-state index contributed by atoms with van der Waals surface area (Å²) in [5.41, 5.74) is 1.81. The van der Waals surface area contributed by atoms with Gasteiger partial charge in [-0.1, -0.05) is 0 Å². The van der Waals surface area contributed by atoms with Gasteiger partial charge in [0.2, 0.25) is 0 Å². The first-order valence-electron chi connectivity index (χ1n) is 3.48. The van der Waals surface area contributed by atoms with Gasteiger partial charge in [0.05, 0.1) is 5.52 Å². The minimum Gasteiger partial charge on any atom is -0.276 e. The molecular formula is C8H6FIN2. The van der Waals surface area contributed by atoms with Gasteiger partial charge in [0, 0.05) is 5.39 Å². The van der Waals surface area contributed by atoms with Crippen LogP contribution in [0.25, 0.3) is 10.9 Å². The van der Waals surface area contributed by atoms with E-state index >= 15 is 0 Å². The highest BCUT2D eigenvalue weighted by atomic mass is 127. The number of aryl methyl sites for hydroxylation is 1. The Bertz CT molecular complexity index is 436. The maximum atomic E-state index is 12.9. The lowest BCUT2D eigenvalue weighted by Gasteiger charge is -1.94. The van der Waals surface area contributed by atoms with E-state index in [9.17, 15) is 4.39 Å². The third-order valence-electron chi connectivity index (χ3n) is 1.79. The van der Waals surface area contributed by atoms with E-state index in [1.54, 1.807) is 0 Å². The van der Waals surface area contributed by atoms with Gasteiger partial charge in [-0.05, 0) is 47.2 Å². The van der Waals surface area contributed by atoms with Crippen LogP contribution in [0, 0.1) is 16.4 Å². The molecular weight excluding hydrogens is 270 g/mol. The van der Waals surface area contributed by atoms with Crippen molar-refractivity contribution >= 4 is 33.5 Å². The maximum Gasteiger partial charge on any atom is 0.131 e. The number of aromatic amines is 1. The van der Waals surface area contributed by atoms with Gasteiger partial charge < -0.3 is 0 Å². The molecule has 12 heavy (non-hydrogen) atoms. The van der Waals surface area contributed by atoms with Crippen LogP contribution < -0.4 is 0 Å². The van der Waals surface area contributed by atoms with Gasteiger partial charge in [-0.2, -0.15) is 5.10 Å². The third-order valence-corrected chi connectivity index (χ3v) is 2.61. The molecule has 0 radical (unpaired) electrons. The van der Waals surface area contributed by atoms with Crippen LogP contribution in [0.5, 0.6) is 0 Å². The number of rotatable bonds is 0. The summed E-state index contributed by atoms with van der Waals surface area (Å²) in [5.74, 6) is -0.209. The summed E-state index contributed by atoms with van der Waals surface area (Å²) in [6.07, 6.45) is 0. The van der Waals surface area contributed by atoms with Crippen molar-refractivity contribution < 1.29 is 4.39 Å². The molecule has 0 saturated heterocycles. The minimum absolute atomic E-state index is 0.209. The number of aromatic nitrogens is 2. The Kier molecular flexibility index (Phi) is 1.79. The van der Waals surface area contributed by atoms with Crippen LogP contribution in [-0.2, 0) is 0 Å². The highest BCUT2D eigenvalue weighted by Gasteiger charge is 2.06. The fraction of sp³-hybridized carbons (Fsp3) is 0.125. The number of hydrogen-bond donors (Lipinski definition) is 1. The maximum absolute atomic E-state index is 12.9. The zero-order valence-electron chi connectivity index (χ0n) is 6.36. The van der Waals surface area contributed by atoms with Gasteiger partial charge in [0.25, 0.3) is 0 Å². The molecule has 0 aliphatic rings. The van der Waals surface area contributed by atoms with E-state index in [1.807, 2.05) is 6.92 Å². The molecule has 0 unspecified atom stereocenters. The summed E-state index contributed by atoms with van der Waals surface area (Å²) in [7, 11) is 0. The van der Waals surface area contributed by atoms with Crippen LogP contribution in [0.4, 0.5) is 4.39 Å². The summed E-state index contributed by atoms with van der Waals surface area (Å²) in [6, 6.07) is 2.99. The zero-order chi connectivity index (χ0) is 8.72. The van der Waals surface area contributed by atoms with Gasteiger partial charge >= 0.3 is 0 Å². The Hall–Kier alpha value is -0.650. The van der Waals surface area contributed by atoms with Crippen LogP contribution in [0.15, 0.2) is 12.1 Å². The molecule has 4 heteroatoms. The molecule has 0 bridgehead atoms. The molecule has 0 spiro atoms. The number of nitrogens with zero attached hydrogens (tertiary/aromatic N) is 1. The first-order valence-corrected chi connectivity index (χ1v) is 4.56. The Morgan fingerprint density at radius 1 is 1.50 bits per heavy atom. The van der Waals surface area contributed by atoms with E-state index in [-0.39, 0.29) is 5.82 Å². The predicted molar refractivity (Wildman–Crippen MR) is 53.5 cm³/mol. The number of nitrogens with one attached hydrogen (secondary N) is 1. The number of halogens is 2. The molecule has 0 aliphatic carbocycles. The SMILES string of the molecule is Cc1cc(F)cc2c(I)n[nH]c12. The van der Waals surface area contributed by atoms with Gasteiger partial charge in [-0.25, -0.2) is 4.39 Å². The van der Waals surface area contributed by atoms with Crippen LogP contribution >= 0.6 is 22.6 Å². The Labute approximate surface area is 82.3 Å². The van der Waals surface area contributed by atoms with Gasteiger partial charge in [0.1, 0.15) is 9.52 Å². The summed E-state index contributed by atoms with van der Waals surface area (Å²) in [6.45, 7) is 1.86. The first kappa shape index (κ1) is 7.97. The summed E-state index contributed by atoms with van der Waals surface area (Å²) in [4.78, 5) is 0. The lowest BCUT2D eigenvalue weighted by atomic mass is 10.2. The second-order valence-electron chi connectivity index (χ2n) is 2.66. The summed E-state index contributed by atoms with van der Waals surface area (Å²) < 4.78 is 13.7. The molecule has 1 N–H and O–H groups in total. The molecule has 2 rings (SSSR count). The predicted octanol–water partition coefficient (Wildman–Crippen LogP) is 2.62. The molecule has 0 saturated carbocycles. The Balaban J connectivity index is 2.92. The zero-order valence-corrected chi connectivity index (χ0v) is 8.52. The van der Waals surface area contributed by atoms with Crippen molar-refractivity contribution in [3.8, 4) is 0 Å². The van der Waals surface area contributed by atoms with Crippen molar-refractivity contribution in [3.63, 3.8) is 0 Å². The Morgan fingerprint density at radius 3 is 3.00 bits per heavy atom. The van der Waals surface area contributed by atoms with Crippen LogP contribution in [0.2, 0.25) is 0 Å². The average molecular weight is 276 g/mol. The molecule has 0 amide bonds. The minimum atomic E-state index is -0.209. The molecule has 1 aromatic carbocycles. The van der Waals surface area contributed by atoms with Crippen LogP contribution in [-0.4, -0.2) is 10.2 Å². The Morgan fingerprint density at radius 2 is 2.25 bits per heavy atom. The lowest BCUT2D eigenvalue weighted by Crippen LogP contribution is -1.80. The summed E-state index contributed by atoms with van der Waals surface area (Å²) >= 11 is 2.08. The van der Waals surface area contributed by atoms with E-state index in [0.717, 1.165) is 20.2 Å². The fourth-order valence-electron chi connectivity index (χ4n) is 1.22. The topological polar surface area (TPSA) is 28.7 Å². The van der Waals surface area contributed by atoms with E-state index in [4.69, 9.17) is 0 Å². The normalized spacial score (nSPS) is 10.9. The quantitative estimate of drug-likeness (QED) is 0.736. The number of benzene rings is 1. The van der Waals surface area contributed by atoms with Crippen LogP contribution in [0.1, 0.15) is 5.56 Å². The molecule has 1 aromatic heterocycles. The fourth-order valence-corrected chi connectivity index (χ4v) is 1.77. The van der Waals surface area contributed by atoms with E-state index in [1.165, 1.54) is 12.1 Å².